The van der Waals surface area contributed by atoms with Crippen LogP contribution in [0.4, 0.5) is 4.79 Å². The third-order valence-electron chi connectivity index (χ3n) is 4.76. The highest BCUT2D eigenvalue weighted by Gasteiger charge is 2.32. The second-order valence-electron chi connectivity index (χ2n) is 6.66. The zero-order valence-electron chi connectivity index (χ0n) is 15.3. The van der Waals surface area contributed by atoms with Gasteiger partial charge in [-0.05, 0) is 12.8 Å². The fraction of sp³-hybridized carbons (Fsp3) is 0.765. The Morgan fingerprint density at radius 3 is 2.81 bits per heavy atom. The summed E-state index contributed by atoms with van der Waals surface area (Å²) < 4.78 is 10.6. The van der Waals surface area contributed by atoms with Crippen molar-refractivity contribution in [3.05, 3.63) is 11.7 Å². The van der Waals surface area contributed by atoms with Crippen molar-refractivity contribution >= 4 is 11.9 Å². The van der Waals surface area contributed by atoms with Crippen molar-refractivity contribution in [1.29, 1.82) is 0 Å². The van der Waals surface area contributed by atoms with Crippen LogP contribution in [0.25, 0.3) is 0 Å². The van der Waals surface area contributed by atoms with Gasteiger partial charge in [-0.3, -0.25) is 4.79 Å². The highest BCUT2D eigenvalue weighted by Crippen LogP contribution is 2.17. The number of urea groups is 1. The summed E-state index contributed by atoms with van der Waals surface area (Å²) in [6.07, 6.45) is 3.56. The molecule has 3 heterocycles. The summed E-state index contributed by atoms with van der Waals surface area (Å²) >= 11 is 0. The minimum Gasteiger partial charge on any atom is -0.377 e. The fourth-order valence-electron chi connectivity index (χ4n) is 3.30. The first-order chi connectivity index (χ1) is 12.7. The fourth-order valence-corrected chi connectivity index (χ4v) is 3.30. The largest absolute Gasteiger partial charge is 0.377 e. The third kappa shape index (κ3) is 4.72. The van der Waals surface area contributed by atoms with Gasteiger partial charge in [-0.15, -0.1) is 0 Å². The van der Waals surface area contributed by atoms with Gasteiger partial charge in [0.05, 0.1) is 19.3 Å². The lowest BCUT2D eigenvalue weighted by molar-refractivity contribution is -0.123. The van der Waals surface area contributed by atoms with Crippen LogP contribution >= 0.6 is 0 Å². The Kier molecular flexibility index (Phi) is 6.43. The van der Waals surface area contributed by atoms with E-state index >= 15 is 0 Å². The number of nitrogens with one attached hydrogen (secondary N) is 1. The summed E-state index contributed by atoms with van der Waals surface area (Å²) in [6, 6.07) is -0.187. The van der Waals surface area contributed by atoms with Gasteiger partial charge in [0, 0.05) is 45.4 Å². The Labute approximate surface area is 153 Å². The molecule has 1 atom stereocenters. The van der Waals surface area contributed by atoms with Crippen molar-refractivity contribution in [2.24, 2.45) is 0 Å². The molecule has 1 aromatic heterocycles. The Morgan fingerprint density at radius 1 is 1.27 bits per heavy atom. The summed E-state index contributed by atoms with van der Waals surface area (Å²) in [5.41, 5.74) is 0. The number of aryl methyl sites for hydroxylation is 1. The number of carbonyl (C=O) groups is 2. The average Bonchev–Trinajstić information content (AvgIpc) is 3.33. The summed E-state index contributed by atoms with van der Waals surface area (Å²) in [5.74, 6) is 1.09. The van der Waals surface area contributed by atoms with Crippen LogP contribution in [0.3, 0.4) is 0 Å². The maximum absolute atomic E-state index is 12.7. The number of nitrogens with zero attached hydrogens (tertiary/aromatic N) is 4. The first-order valence-electron chi connectivity index (χ1n) is 9.39. The second kappa shape index (κ2) is 8.98. The van der Waals surface area contributed by atoms with E-state index in [1.165, 1.54) is 0 Å². The molecule has 1 aromatic rings. The lowest BCUT2D eigenvalue weighted by Gasteiger charge is -2.37. The molecule has 9 heteroatoms. The Bertz CT molecular complexity index is 614. The zero-order chi connectivity index (χ0) is 18.4. The van der Waals surface area contributed by atoms with E-state index in [9.17, 15) is 9.59 Å². The molecule has 3 rings (SSSR count). The smallest absolute Gasteiger partial charge is 0.320 e. The molecule has 9 nitrogen and oxygen atoms in total. The van der Waals surface area contributed by atoms with Gasteiger partial charge in [0.1, 0.15) is 0 Å². The number of carbonyl (C=O) groups excluding carboxylic acids is 2. The molecule has 2 fully saturated rings. The van der Waals surface area contributed by atoms with Gasteiger partial charge in [0.15, 0.2) is 5.82 Å². The summed E-state index contributed by atoms with van der Waals surface area (Å²) in [5, 5.41) is 6.69. The van der Waals surface area contributed by atoms with E-state index in [0.29, 0.717) is 44.4 Å². The van der Waals surface area contributed by atoms with Crippen LogP contribution in [0.2, 0.25) is 0 Å². The highest BCUT2D eigenvalue weighted by molar-refractivity contribution is 5.79. The SMILES string of the molecule is CCc1noc(CCNC(=O)C[C@H]2COCCN2C(=O)N2CCCC2)n1. The molecular weight excluding hydrogens is 338 g/mol. The average molecular weight is 365 g/mol. The van der Waals surface area contributed by atoms with Gasteiger partial charge in [-0.2, -0.15) is 4.98 Å². The number of hydrogen-bond acceptors (Lipinski definition) is 6. The minimum atomic E-state index is -0.216. The van der Waals surface area contributed by atoms with Crippen molar-refractivity contribution in [1.82, 2.24) is 25.3 Å². The van der Waals surface area contributed by atoms with Crippen molar-refractivity contribution in [3.63, 3.8) is 0 Å². The Hall–Kier alpha value is -2.16. The molecule has 0 aromatic carbocycles. The Balaban J connectivity index is 1.45. The van der Waals surface area contributed by atoms with E-state index in [0.717, 1.165) is 32.4 Å². The van der Waals surface area contributed by atoms with E-state index in [2.05, 4.69) is 15.5 Å². The predicted molar refractivity (Wildman–Crippen MR) is 92.5 cm³/mol. The highest BCUT2D eigenvalue weighted by atomic mass is 16.5. The van der Waals surface area contributed by atoms with Gasteiger partial charge < -0.3 is 24.4 Å². The van der Waals surface area contributed by atoms with Crippen LogP contribution in [-0.2, 0) is 22.4 Å². The molecule has 0 spiro atoms. The number of rotatable bonds is 6. The first kappa shape index (κ1) is 18.6. The molecule has 26 heavy (non-hydrogen) atoms. The van der Waals surface area contributed by atoms with Gasteiger partial charge in [0.2, 0.25) is 11.8 Å². The standard InChI is InChI=1S/C17H27N5O4/c1-2-14-19-16(26-20-14)5-6-18-15(23)11-13-12-25-10-9-22(13)17(24)21-7-3-4-8-21/h13H,2-12H2,1H3,(H,18,23)/t13-/m0/s1. The normalized spacial score (nSPS) is 20.4. The molecule has 3 amide bonds. The van der Waals surface area contributed by atoms with Crippen LogP contribution in [0.15, 0.2) is 4.52 Å². The third-order valence-corrected chi connectivity index (χ3v) is 4.76. The molecule has 1 N–H and O–H groups in total. The molecule has 2 aliphatic rings. The number of aromatic nitrogens is 2. The Morgan fingerprint density at radius 2 is 2.08 bits per heavy atom. The van der Waals surface area contributed by atoms with Crippen LogP contribution in [0.5, 0.6) is 0 Å². The number of morpholine rings is 1. The lowest BCUT2D eigenvalue weighted by atomic mass is 10.1. The van der Waals surface area contributed by atoms with E-state index < -0.39 is 0 Å². The molecule has 0 saturated carbocycles. The molecule has 2 aliphatic heterocycles. The van der Waals surface area contributed by atoms with Gasteiger partial charge in [-0.25, -0.2) is 4.79 Å². The van der Waals surface area contributed by atoms with Crippen molar-refractivity contribution in [2.45, 2.75) is 45.1 Å². The minimum absolute atomic E-state index is 0.0292. The number of amides is 3. The first-order valence-corrected chi connectivity index (χ1v) is 9.39. The molecule has 0 aliphatic carbocycles. The summed E-state index contributed by atoms with van der Waals surface area (Å²) in [6.45, 7) is 5.45. The molecule has 144 valence electrons. The van der Waals surface area contributed by atoms with E-state index in [-0.39, 0.29) is 24.4 Å². The quantitative estimate of drug-likeness (QED) is 0.792. The van der Waals surface area contributed by atoms with Crippen LogP contribution < -0.4 is 5.32 Å². The van der Waals surface area contributed by atoms with E-state index in [4.69, 9.17) is 9.26 Å². The maximum atomic E-state index is 12.7. The maximum Gasteiger partial charge on any atom is 0.320 e. The number of likely N-dealkylation sites (tertiary alicyclic amines) is 1. The lowest BCUT2D eigenvalue weighted by Crippen LogP contribution is -2.54. The van der Waals surface area contributed by atoms with Gasteiger partial charge >= 0.3 is 6.03 Å². The predicted octanol–water partition coefficient (Wildman–Crippen LogP) is 0.597. The monoisotopic (exact) mass is 365 g/mol. The van der Waals surface area contributed by atoms with E-state index in [1.807, 2.05) is 11.8 Å². The van der Waals surface area contributed by atoms with Gasteiger partial charge in [0.25, 0.3) is 0 Å². The molecule has 2 saturated heterocycles. The van der Waals surface area contributed by atoms with Crippen LogP contribution in [0, 0.1) is 0 Å². The van der Waals surface area contributed by atoms with Crippen molar-refractivity contribution < 1.29 is 18.8 Å². The van der Waals surface area contributed by atoms with Gasteiger partial charge in [-0.1, -0.05) is 12.1 Å². The summed E-state index contributed by atoms with van der Waals surface area (Å²) in [7, 11) is 0. The zero-order valence-corrected chi connectivity index (χ0v) is 15.3. The topological polar surface area (TPSA) is 101 Å². The molecular formula is C17H27N5O4. The van der Waals surface area contributed by atoms with E-state index in [1.54, 1.807) is 4.90 Å². The van der Waals surface area contributed by atoms with Crippen LogP contribution in [-0.4, -0.2) is 77.3 Å². The number of hydrogen-bond donors (Lipinski definition) is 1. The molecule has 0 unspecified atom stereocenters. The summed E-state index contributed by atoms with van der Waals surface area (Å²) in [4.78, 5) is 32.8. The van der Waals surface area contributed by atoms with Crippen LogP contribution in [0.1, 0.15) is 37.9 Å². The van der Waals surface area contributed by atoms with Crippen molar-refractivity contribution in [2.75, 3.05) is 39.4 Å². The second-order valence-corrected chi connectivity index (χ2v) is 6.66. The molecule has 0 bridgehead atoms. The van der Waals surface area contributed by atoms with Crippen molar-refractivity contribution in [3.8, 4) is 0 Å². The molecule has 0 radical (unpaired) electrons. The number of ether oxygens (including phenoxy) is 1.